The molecule has 3 N–H and O–H groups in total. The number of nitrogens with two attached hydrogens (primary N) is 1. The Hall–Kier alpha value is -1.75. The molecular weight excluding hydrogens is 256 g/mol. The summed E-state index contributed by atoms with van der Waals surface area (Å²) in [6, 6.07) is 5.50. The van der Waals surface area contributed by atoms with Crippen molar-refractivity contribution in [2.75, 3.05) is 30.9 Å². The monoisotopic (exact) mass is 280 g/mol. The van der Waals surface area contributed by atoms with E-state index in [-0.39, 0.29) is 5.56 Å². The summed E-state index contributed by atoms with van der Waals surface area (Å²) in [6.07, 6.45) is 2.03. The van der Waals surface area contributed by atoms with E-state index in [1.807, 2.05) is 6.07 Å². The van der Waals surface area contributed by atoms with Crippen LogP contribution in [0.25, 0.3) is 0 Å². The Morgan fingerprint density at radius 1 is 1.40 bits per heavy atom. The fourth-order valence-corrected chi connectivity index (χ4v) is 2.37. The molecule has 5 heteroatoms. The van der Waals surface area contributed by atoms with E-state index in [9.17, 15) is 4.79 Å². The molecule has 1 aromatic rings. The second-order valence-electron chi connectivity index (χ2n) is 4.73. The molecule has 0 atom stereocenters. The molecule has 0 spiro atoms. The maximum Gasteiger partial charge on any atom is 0.337 e. The van der Waals surface area contributed by atoms with E-state index in [4.69, 9.17) is 15.6 Å². The van der Waals surface area contributed by atoms with E-state index >= 15 is 0 Å². The lowest BCUT2D eigenvalue weighted by Crippen LogP contribution is -2.37. The average Bonchev–Trinajstić information content (AvgIpc) is 2.43. The first kappa shape index (κ1) is 16.3. The molecule has 0 aliphatic heterocycles. The Labute approximate surface area is 120 Å². The zero-order valence-corrected chi connectivity index (χ0v) is 12.4. The number of carboxylic acid groups (broad SMARTS) is 1. The minimum Gasteiger partial charge on any atom is -0.478 e. The Balaban J connectivity index is 3.06. The van der Waals surface area contributed by atoms with Crippen molar-refractivity contribution in [2.45, 2.75) is 32.7 Å². The summed E-state index contributed by atoms with van der Waals surface area (Å²) in [5, 5.41) is 9.02. The molecule has 1 rings (SSSR count). The van der Waals surface area contributed by atoms with Crippen LogP contribution in [0.4, 0.5) is 11.4 Å². The van der Waals surface area contributed by atoms with Crippen LogP contribution in [0.1, 0.15) is 37.0 Å². The summed E-state index contributed by atoms with van der Waals surface area (Å²) >= 11 is 0. The highest BCUT2D eigenvalue weighted by atomic mass is 16.5. The summed E-state index contributed by atoms with van der Waals surface area (Å²) in [5.41, 5.74) is 7.21. The van der Waals surface area contributed by atoms with E-state index in [1.54, 1.807) is 19.2 Å². The molecule has 0 unspecified atom stereocenters. The molecule has 0 aliphatic carbocycles. The predicted octanol–water partition coefficient (Wildman–Crippen LogP) is 2.61. The molecular formula is C15H24N2O3. The van der Waals surface area contributed by atoms with Gasteiger partial charge in [0.25, 0.3) is 0 Å². The molecule has 0 bridgehead atoms. The van der Waals surface area contributed by atoms with Crippen LogP contribution in [0.2, 0.25) is 0 Å². The number of nitrogen functional groups attached to an aromatic ring is 1. The maximum absolute atomic E-state index is 11.0. The van der Waals surface area contributed by atoms with E-state index in [0.29, 0.717) is 18.3 Å². The van der Waals surface area contributed by atoms with E-state index in [1.165, 1.54) is 0 Å². The second-order valence-corrected chi connectivity index (χ2v) is 4.73. The van der Waals surface area contributed by atoms with Gasteiger partial charge in [-0.3, -0.25) is 0 Å². The number of hydrogen-bond donors (Lipinski definition) is 2. The molecule has 0 heterocycles. The first-order valence-corrected chi connectivity index (χ1v) is 6.93. The third kappa shape index (κ3) is 3.87. The van der Waals surface area contributed by atoms with Crippen molar-refractivity contribution in [3.8, 4) is 0 Å². The number of benzene rings is 1. The van der Waals surface area contributed by atoms with E-state index in [0.717, 1.165) is 25.1 Å². The van der Waals surface area contributed by atoms with Gasteiger partial charge in [-0.05, 0) is 31.0 Å². The number of carboxylic acids is 1. The van der Waals surface area contributed by atoms with Crippen molar-refractivity contribution in [3.05, 3.63) is 23.8 Å². The van der Waals surface area contributed by atoms with Gasteiger partial charge in [0.2, 0.25) is 0 Å². The maximum atomic E-state index is 11.0. The lowest BCUT2D eigenvalue weighted by atomic mass is 10.1. The van der Waals surface area contributed by atoms with Crippen molar-refractivity contribution in [2.24, 2.45) is 0 Å². The molecule has 20 heavy (non-hydrogen) atoms. The Bertz CT molecular complexity index is 445. The van der Waals surface area contributed by atoms with Gasteiger partial charge in [-0.25, -0.2) is 4.79 Å². The lowest BCUT2D eigenvalue weighted by molar-refractivity contribution is 0.0698. The van der Waals surface area contributed by atoms with Gasteiger partial charge in [0.05, 0.1) is 12.2 Å². The minimum atomic E-state index is -1.000. The van der Waals surface area contributed by atoms with Gasteiger partial charge in [0.1, 0.15) is 0 Å². The van der Waals surface area contributed by atoms with Crippen LogP contribution >= 0.6 is 0 Å². The Morgan fingerprint density at radius 2 is 2.05 bits per heavy atom. The van der Waals surface area contributed by atoms with Gasteiger partial charge in [0, 0.05) is 31.1 Å². The molecule has 0 saturated heterocycles. The van der Waals surface area contributed by atoms with Gasteiger partial charge in [0.15, 0.2) is 0 Å². The molecule has 0 saturated carbocycles. The average molecular weight is 280 g/mol. The zero-order chi connectivity index (χ0) is 15.1. The van der Waals surface area contributed by atoms with Crippen molar-refractivity contribution >= 4 is 17.3 Å². The number of carbonyl (C=O) groups is 1. The Morgan fingerprint density at radius 3 is 2.50 bits per heavy atom. The standard InChI is InChI=1S/C15H24N2O3/c1-4-11(5-2)17(8-9-20-3)12-6-7-13(15(18)19)14(16)10-12/h6-7,10-11H,4-5,8-9,16H2,1-3H3,(H,18,19). The molecule has 0 amide bonds. The molecule has 0 fully saturated rings. The fourth-order valence-electron chi connectivity index (χ4n) is 2.37. The SMILES string of the molecule is CCC(CC)N(CCOC)c1ccc(C(=O)O)c(N)c1. The number of aromatic carboxylic acids is 1. The summed E-state index contributed by atoms with van der Waals surface area (Å²) in [7, 11) is 1.67. The highest BCUT2D eigenvalue weighted by molar-refractivity contribution is 5.94. The Kier molecular flexibility index (Phi) is 6.31. The van der Waals surface area contributed by atoms with Gasteiger partial charge < -0.3 is 20.5 Å². The van der Waals surface area contributed by atoms with Gasteiger partial charge >= 0.3 is 5.97 Å². The predicted molar refractivity (Wildman–Crippen MR) is 81.4 cm³/mol. The van der Waals surface area contributed by atoms with Crippen LogP contribution in [-0.4, -0.2) is 37.4 Å². The van der Waals surface area contributed by atoms with Crippen LogP contribution < -0.4 is 10.6 Å². The smallest absolute Gasteiger partial charge is 0.337 e. The van der Waals surface area contributed by atoms with E-state index in [2.05, 4.69) is 18.7 Å². The van der Waals surface area contributed by atoms with Crippen LogP contribution in [0, 0.1) is 0 Å². The first-order chi connectivity index (χ1) is 9.54. The van der Waals surface area contributed by atoms with Crippen LogP contribution in [0.3, 0.4) is 0 Å². The summed E-state index contributed by atoms with van der Waals surface area (Å²) < 4.78 is 5.16. The molecule has 0 radical (unpaired) electrons. The topological polar surface area (TPSA) is 75.8 Å². The van der Waals surface area contributed by atoms with Gasteiger partial charge in [-0.1, -0.05) is 13.8 Å². The number of methoxy groups -OCH3 is 1. The normalized spacial score (nSPS) is 10.8. The van der Waals surface area contributed by atoms with Crippen LogP contribution in [0.15, 0.2) is 18.2 Å². The molecule has 0 aromatic heterocycles. The van der Waals surface area contributed by atoms with E-state index < -0.39 is 5.97 Å². The lowest BCUT2D eigenvalue weighted by Gasteiger charge is -2.32. The largest absolute Gasteiger partial charge is 0.478 e. The highest BCUT2D eigenvalue weighted by Crippen LogP contribution is 2.25. The quantitative estimate of drug-likeness (QED) is 0.716. The number of anilines is 2. The van der Waals surface area contributed by atoms with Crippen molar-refractivity contribution in [1.29, 1.82) is 0 Å². The van der Waals surface area contributed by atoms with Crippen molar-refractivity contribution in [1.82, 2.24) is 0 Å². The van der Waals surface area contributed by atoms with Gasteiger partial charge in [-0.2, -0.15) is 0 Å². The number of hydrogen-bond acceptors (Lipinski definition) is 4. The summed E-state index contributed by atoms with van der Waals surface area (Å²) in [4.78, 5) is 13.2. The summed E-state index contributed by atoms with van der Waals surface area (Å²) in [5.74, 6) is -1.000. The van der Waals surface area contributed by atoms with Crippen LogP contribution in [-0.2, 0) is 4.74 Å². The van der Waals surface area contributed by atoms with Crippen LogP contribution in [0.5, 0.6) is 0 Å². The van der Waals surface area contributed by atoms with Gasteiger partial charge in [-0.15, -0.1) is 0 Å². The highest BCUT2D eigenvalue weighted by Gasteiger charge is 2.17. The van der Waals surface area contributed by atoms with Crippen molar-refractivity contribution < 1.29 is 14.6 Å². The number of ether oxygens (including phenoxy) is 1. The first-order valence-electron chi connectivity index (χ1n) is 6.93. The molecule has 1 aromatic carbocycles. The third-order valence-corrected chi connectivity index (χ3v) is 3.52. The minimum absolute atomic E-state index is 0.144. The molecule has 5 nitrogen and oxygen atoms in total. The number of nitrogens with zero attached hydrogens (tertiary/aromatic N) is 1. The molecule has 0 aliphatic rings. The fraction of sp³-hybridized carbons (Fsp3) is 0.533. The molecule has 112 valence electrons. The number of rotatable bonds is 8. The van der Waals surface area contributed by atoms with Crippen molar-refractivity contribution in [3.63, 3.8) is 0 Å². The zero-order valence-electron chi connectivity index (χ0n) is 12.4. The third-order valence-electron chi connectivity index (χ3n) is 3.52. The summed E-state index contributed by atoms with van der Waals surface area (Å²) in [6.45, 7) is 5.66. The second kappa shape index (κ2) is 7.75.